The lowest BCUT2D eigenvalue weighted by atomic mass is 9.35. The van der Waals surface area contributed by atoms with Gasteiger partial charge in [-0.15, -0.1) is 0 Å². The van der Waals surface area contributed by atoms with Crippen LogP contribution in [0.4, 0.5) is 0 Å². The molecular weight excluding hydrogens is 308 g/mol. The van der Waals surface area contributed by atoms with Crippen LogP contribution in [0.25, 0.3) is 0 Å². The van der Waals surface area contributed by atoms with Crippen molar-refractivity contribution in [2.45, 2.75) is 26.2 Å². The molecule has 3 saturated carbocycles. The molecule has 1 aromatic carbocycles. The summed E-state index contributed by atoms with van der Waals surface area (Å²) in [7, 11) is 1.47. The highest BCUT2D eigenvalue weighted by atomic mass is 79.9. The molecule has 0 N–H and O–H groups in total. The predicted octanol–water partition coefficient (Wildman–Crippen LogP) is 3.48. The number of hydrogen-bond acceptors (Lipinski definition) is 3. The zero-order valence-corrected chi connectivity index (χ0v) is 12.7. The molecule has 4 heteroatoms. The first-order chi connectivity index (χ1) is 8.99. The summed E-state index contributed by atoms with van der Waals surface area (Å²) >= 11 is 3.45. The first-order valence-corrected chi connectivity index (χ1v) is 7.25. The first kappa shape index (κ1) is 13.0. The van der Waals surface area contributed by atoms with Crippen LogP contribution in [0.2, 0.25) is 0 Å². The molecule has 4 rings (SSSR count). The van der Waals surface area contributed by atoms with E-state index >= 15 is 0 Å². The number of carbonyl (C=O) groups is 1. The van der Waals surface area contributed by atoms with Gasteiger partial charge in [0.05, 0.1) is 19.1 Å². The third kappa shape index (κ3) is 1.97. The van der Waals surface area contributed by atoms with Crippen molar-refractivity contribution in [1.29, 1.82) is 0 Å². The summed E-state index contributed by atoms with van der Waals surface area (Å²) in [6.07, 6.45) is 2.75. The summed E-state index contributed by atoms with van der Waals surface area (Å²) in [6, 6.07) is 6.05. The van der Waals surface area contributed by atoms with Gasteiger partial charge in [0.25, 0.3) is 0 Å². The Morgan fingerprint density at radius 2 is 2.05 bits per heavy atom. The summed E-state index contributed by atoms with van der Waals surface area (Å²) in [5, 5.41) is 0. The van der Waals surface area contributed by atoms with E-state index < -0.39 is 0 Å². The van der Waals surface area contributed by atoms with E-state index in [1.165, 1.54) is 7.11 Å². The van der Waals surface area contributed by atoms with Gasteiger partial charge in [0, 0.05) is 9.89 Å². The van der Waals surface area contributed by atoms with Gasteiger partial charge in [0.2, 0.25) is 0 Å². The van der Waals surface area contributed by atoms with E-state index in [0.717, 1.165) is 35.0 Å². The van der Waals surface area contributed by atoms with Crippen molar-refractivity contribution in [3.63, 3.8) is 0 Å². The van der Waals surface area contributed by atoms with E-state index in [1.54, 1.807) is 0 Å². The number of esters is 1. The minimum absolute atomic E-state index is 0.0481. The zero-order valence-electron chi connectivity index (χ0n) is 11.2. The monoisotopic (exact) mass is 324 g/mol. The van der Waals surface area contributed by atoms with Crippen molar-refractivity contribution in [2.75, 3.05) is 13.7 Å². The smallest absolute Gasteiger partial charge is 0.311 e. The Hall–Kier alpha value is -1.03. The van der Waals surface area contributed by atoms with E-state index in [9.17, 15) is 4.79 Å². The molecule has 3 fully saturated rings. The average molecular weight is 325 g/mol. The van der Waals surface area contributed by atoms with Crippen LogP contribution in [0.1, 0.15) is 24.8 Å². The van der Waals surface area contributed by atoms with Crippen LogP contribution in [-0.4, -0.2) is 19.7 Å². The molecule has 2 bridgehead atoms. The fourth-order valence-corrected chi connectivity index (χ4v) is 3.88. The van der Waals surface area contributed by atoms with Crippen molar-refractivity contribution in [3.05, 3.63) is 28.2 Å². The second kappa shape index (κ2) is 4.23. The molecule has 0 heterocycles. The molecule has 0 aliphatic heterocycles. The maximum Gasteiger partial charge on any atom is 0.311 e. The largest absolute Gasteiger partial charge is 0.493 e. The van der Waals surface area contributed by atoms with Crippen LogP contribution < -0.4 is 4.74 Å². The maximum absolute atomic E-state index is 11.6. The summed E-state index contributed by atoms with van der Waals surface area (Å²) in [6.45, 7) is 2.74. The minimum Gasteiger partial charge on any atom is -0.493 e. The fourth-order valence-electron chi connectivity index (χ4n) is 3.54. The van der Waals surface area contributed by atoms with E-state index in [4.69, 9.17) is 9.47 Å². The Labute approximate surface area is 121 Å². The molecule has 19 heavy (non-hydrogen) atoms. The molecular formula is C15H17BrO3. The van der Waals surface area contributed by atoms with Gasteiger partial charge >= 0.3 is 5.97 Å². The van der Waals surface area contributed by atoms with Crippen molar-refractivity contribution in [2.24, 2.45) is 10.8 Å². The molecule has 0 amide bonds. The highest BCUT2D eigenvalue weighted by molar-refractivity contribution is 9.10. The van der Waals surface area contributed by atoms with Crippen LogP contribution in [0, 0.1) is 17.8 Å². The Morgan fingerprint density at radius 1 is 1.37 bits per heavy atom. The fraction of sp³-hybridized carbons (Fsp3) is 0.533. The maximum atomic E-state index is 11.6. The molecule has 0 atom stereocenters. The average Bonchev–Trinajstić information content (AvgIpc) is 2.29. The molecule has 0 aromatic heterocycles. The number of carbonyl (C=O) groups excluding carboxylic acids is 1. The van der Waals surface area contributed by atoms with E-state index in [-0.39, 0.29) is 16.8 Å². The molecule has 3 nitrogen and oxygen atoms in total. The molecule has 0 saturated heterocycles. The standard InChI is InChI=1S/C15H17BrO3/c1-10-3-4-11(16)5-12(10)19-9-14-6-15(7-14,8-14)13(17)18-2/h3-5H,6-9H2,1-2H3. The Bertz CT molecular complexity index is 518. The van der Waals surface area contributed by atoms with Crippen molar-refractivity contribution >= 4 is 21.9 Å². The van der Waals surface area contributed by atoms with Crippen molar-refractivity contribution in [1.82, 2.24) is 0 Å². The molecule has 0 spiro atoms. The van der Waals surface area contributed by atoms with Crippen LogP contribution in [0.5, 0.6) is 5.75 Å². The first-order valence-electron chi connectivity index (χ1n) is 6.46. The second-order valence-corrected chi connectivity index (χ2v) is 6.92. The number of rotatable bonds is 4. The Kier molecular flexibility index (Phi) is 2.89. The van der Waals surface area contributed by atoms with E-state index in [0.29, 0.717) is 6.61 Å². The van der Waals surface area contributed by atoms with Gasteiger partial charge in [-0.2, -0.15) is 0 Å². The van der Waals surface area contributed by atoms with Gasteiger partial charge in [0.15, 0.2) is 0 Å². The molecule has 1 aromatic rings. The quantitative estimate of drug-likeness (QED) is 0.795. The van der Waals surface area contributed by atoms with Gasteiger partial charge in [-0.25, -0.2) is 0 Å². The molecule has 0 unspecified atom stereocenters. The SMILES string of the molecule is COC(=O)C12CC(COc3cc(Br)ccc3C)(C1)C2. The lowest BCUT2D eigenvalue weighted by Gasteiger charge is -2.68. The van der Waals surface area contributed by atoms with Gasteiger partial charge < -0.3 is 9.47 Å². The van der Waals surface area contributed by atoms with Crippen molar-refractivity contribution < 1.29 is 14.3 Å². The normalized spacial score (nSPS) is 31.1. The summed E-state index contributed by atoms with van der Waals surface area (Å²) in [4.78, 5) is 11.6. The molecule has 0 radical (unpaired) electrons. The molecule has 3 aliphatic carbocycles. The van der Waals surface area contributed by atoms with E-state index in [1.807, 2.05) is 25.1 Å². The molecule has 102 valence electrons. The van der Waals surface area contributed by atoms with Gasteiger partial charge in [-0.05, 0) is 43.9 Å². The van der Waals surface area contributed by atoms with Gasteiger partial charge in [-0.1, -0.05) is 22.0 Å². The van der Waals surface area contributed by atoms with Crippen LogP contribution in [0.15, 0.2) is 22.7 Å². The topological polar surface area (TPSA) is 35.5 Å². The summed E-state index contributed by atoms with van der Waals surface area (Å²) in [5.41, 5.74) is 1.17. The molecule has 3 aliphatic rings. The van der Waals surface area contributed by atoms with Gasteiger partial charge in [0.1, 0.15) is 5.75 Å². The van der Waals surface area contributed by atoms with Crippen LogP contribution >= 0.6 is 15.9 Å². The van der Waals surface area contributed by atoms with Crippen LogP contribution in [-0.2, 0) is 9.53 Å². The summed E-state index contributed by atoms with van der Waals surface area (Å²) in [5.74, 6) is 0.874. The van der Waals surface area contributed by atoms with Crippen molar-refractivity contribution in [3.8, 4) is 5.75 Å². The minimum atomic E-state index is -0.176. The number of aryl methyl sites for hydroxylation is 1. The zero-order chi connectivity index (χ0) is 13.7. The summed E-state index contributed by atoms with van der Waals surface area (Å²) < 4.78 is 11.8. The Balaban J connectivity index is 1.59. The third-order valence-electron chi connectivity index (χ3n) is 4.44. The third-order valence-corrected chi connectivity index (χ3v) is 4.94. The number of hydrogen-bond donors (Lipinski definition) is 0. The Morgan fingerprint density at radius 3 is 2.68 bits per heavy atom. The van der Waals surface area contributed by atoms with Crippen LogP contribution in [0.3, 0.4) is 0 Å². The number of ether oxygens (including phenoxy) is 2. The lowest BCUT2D eigenvalue weighted by molar-refractivity contribution is -0.233. The lowest BCUT2D eigenvalue weighted by Crippen LogP contribution is -2.67. The van der Waals surface area contributed by atoms with Gasteiger partial charge in [-0.3, -0.25) is 4.79 Å². The second-order valence-electron chi connectivity index (χ2n) is 6.00. The van der Waals surface area contributed by atoms with E-state index in [2.05, 4.69) is 15.9 Å². The number of methoxy groups -OCH3 is 1. The number of halogens is 1. The predicted molar refractivity (Wildman–Crippen MR) is 75.1 cm³/mol. The highest BCUT2D eigenvalue weighted by Crippen LogP contribution is 2.73. The number of benzene rings is 1. The highest BCUT2D eigenvalue weighted by Gasteiger charge is 2.72.